The highest BCUT2D eigenvalue weighted by molar-refractivity contribution is 6.32. The van der Waals surface area contributed by atoms with Gasteiger partial charge < -0.3 is 20.1 Å². The van der Waals surface area contributed by atoms with E-state index in [4.69, 9.17) is 21.1 Å². The van der Waals surface area contributed by atoms with Crippen LogP contribution in [0, 0.1) is 5.92 Å². The predicted molar refractivity (Wildman–Crippen MR) is 77.2 cm³/mol. The topological polar surface area (TPSA) is 85.4 Å². The molecule has 3 rings (SSSR count). The smallest absolute Gasteiger partial charge is 0.211 e. The van der Waals surface area contributed by atoms with Crippen molar-refractivity contribution in [2.45, 2.75) is 38.2 Å². The lowest BCUT2D eigenvalue weighted by Gasteiger charge is -2.17. The Bertz CT molecular complexity index is 554. The summed E-state index contributed by atoms with van der Waals surface area (Å²) in [5.74, 6) is 0.373. The molecule has 2 N–H and O–H groups in total. The van der Waals surface area contributed by atoms with E-state index in [1.54, 1.807) is 0 Å². The van der Waals surface area contributed by atoms with E-state index in [0.717, 1.165) is 6.42 Å². The molecule has 2 heterocycles. The maximum Gasteiger partial charge on any atom is 0.211 e. The number of carbonyl (C=O) groups excluding carboxylic acids is 1. The molecular weight excluding hydrogens is 296 g/mol. The second-order valence-corrected chi connectivity index (χ2v) is 6.03. The first-order valence-corrected chi connectivity index (χ1v) is 7.17. The molecule has 8 heteroatoms. The first-order valence-electron chi connectivity index (χ1n) is 6.79. The summed E-state index contributed by atoms with van der Waals surface area (Å²) in [5, 5.41) is 6.00. The molecule has 1 saturated heterocycles. The molecule has 0 radical (unpaired) electrons. The van der Waals surface area contributed by atoms with Crippen LogP contribution in [0.15, 0.2) is 6.33 Å². The van der Waals surface area contributed by atoms with Gasteiger partial charge in [0, 0.05) is 12.0 Å². The molecule has 114 valence electrons. The van der Waals surface area contributed by atoms with Gasteiger partial charge in [-0.1, -0.05) is 11.6 Å². The largest absolute Gasteiger partial charge is 0.365 e. The number of anilines is 2. The van der Waals surface area contributed by atoms with E-state index in [1.165, 1.54) is 6.33 Å². The van der Waals surface area contributed by atoms with Crippen molar-refractivity contribution in [2.24, 2.45) is 5.92 Å². The van der Waals surface area contributed by atoms with Gasteiger partial charge in [0.2, 0.25) is 6.41 Å². The Morgan fingerprint density at radius 3 is 2.95 bits per heavy atom. The van der Waals surface area contributed by atoms with Crippen LogP contribution < -0.4 is 10.6 Å². The van der Waals surface area contributed by atoms with Crippen molar-refractivity contribution in [3.63, 3.8) is 0 Å². The standard InChI is InChI=1S/C13H17ClN4O3/c1-13(2)20-4-9(21-13)7-3-8(7)18-12-10(17-6-19)11(14)15-5-16-12/h5-9H,3-4H2,1-2H3,(H,17,19)(H,15,16,18)/t7-,8+,9-/m1/s1. The van der Waals surface area contributed by atoms with Crippen LogP contribution in [0.25, 0.3) is 0 Å². The number of rotatable bonds is 5. The molecule has 1 amide bonds. The summed E-state index contributed by atoms with van der Waals surface area (Å²) in [7, 11) is 0. The molecule has 0 aromatic carbocycles. The van der Waals surface area contributed by atoms with Crippen LogP contribution in [-0.4, -0.2) is 40.9 Å². The zero-order valence-electron chi connectivity index (χ0n) is 11.8. The Morgan fingerprint density at radius 1 is 1.48 bits per heavy atom. The van der Waals surface area contributed by atoms with E-state index >= 15 is 0 Å². The first kappa shape index (κ1) is 14.5. The van der Waals surface area contributed by atoms with Gasteiger partial charge in [0.05, 0.1) is 12.7 Å². The summed E-state index contributed by atoms with van der Waals surface area (Å²) in [6.45, 7) is 4.42. The van der Waals surface area contributed by atoms with Gasteiger partial charge in [-0.2, -0.15) is 0 Å². The second-order valence-electron chi connectivity index (χ2n) is 5.67. The number of aromatic nitrogens is 2. The number of hydrogen-bond acceptors (Lipinski definition) is 6. The van der Waals surface area contributed by atoms with Crippen LogP contribution >= 0.6 is 11.6 Å². The van der Waals surface area contributed by atoms with E-state index in [9.17, 15) is 4.79 Å². The summed E-state index contributed by atoms with van der Waals surface area (Å²) >= 11 is 5.96. The number of halogens is 1. The predicted octanol–water partition coefficient (Wildman–Crippen LogP) is 1.65. The SMILES string of the molecule is CC1(C)OC[C@H]([C@@H]2C[C@@H]2Nc2ncnc(Cl)c2NC=O)O1. The molecule has 7 nitrogen and oxygen atoms in total. The quantitative estimate of drug-likeness (QED) is 0.635. The summed E-state index contributed by atoms with van der Waals surface area (Å²) in [4.78, 5) is 18.6. The maximum absolute atomic E-state index is 10.6. The minimum atomic E-state index is -0.514. The van der Waals surface area contributed by atoms with Gasteiger partial charge in [-0.15, -0.1) is 0 Å². The number of nitrogens with one attached hydrogen (secondary N) is 2. The van der Waals surface area contributed by atoms with Crippen molar-refractivity contribution in [2.75, 3.05) is 17.2 Å². The van der Waals surface area contributed by atoms with Gasteiger partial charge >= 0.3 is 0 Å². The van der Waals surface area contributed by atoms with Gasteiger partial charge in [-0.25, -0.2) is 9.97 Å². The number of nitrogens with zero attached hydrogens (tertiary/aromatic N) is 2. The van der Waals surface area contributed by atoms with Crippen LogP contribution in [0.3, 0.4) is 0 Å². The third kappa shape index (κ3) is 3.09. The van der Waals surface area contributed by atoms with E-state index in [2.05, 4.69) is 20.6 Å². The minimum Gasteiger partial charge on any atom is -0.365 e. The zero-order chi connectivity index (χ0) is 15.0. The Labute approximate surface area is 127 Å². The van der Waals surface area contributed by atoms with Crippen molar-refractivity contribution < 1.29 is 14.3 Å². The van der Waals surface area contributed by atoms with Crippen molar-refractivity contribution >= 4 is 29.5 Å². The van der Waals surface area contributed by atoms with E-state index in [-0.39, 0.29) is 17.3 Å². The van der Waals surface area contributed by atoms with Crippen molar-refractivity contribution in [1.82, 2.24) is 9.97 Å². The summed E-state index contributed by atoms with van der Waals surface area (Å²) in [6.07, 6.45) is 2.95. The fourth-order valence-electron chi connectivity index (χ4n) is 2.55. The van der Waals surface area contributed by atoms with Crippen LogP contribution in [0.1, 0.15) is 20.3 Å². The van der Waals surface area contributed by atoms with Crippen LogP contribution in [-0.2, 0) is 14.3 Å². The van der Waals surface area contributed by atoms with Gasteiger partial charge in [-0.3, -0.25) is 4.79 Å². The highest BCUT2D eigenvalue weighted by Gasteiger charge is 2.49. The fraction of sp³-hybridized carbons (Fsp3) is 0.615. The average Bonchev–Trinajstić information content (AvgIpc) is 3.09. The Morgan fingerprint density at radius 2 is 2.29 bits per heavy atom. The summed E-state index contributed by atoms with van der Waals surface area (Å²) in [5.41, 5.74) is 0.392. The number of amides is 1. The zero-order valence-corrected chi connectivity index (χ0v) is 12.6. The number of carbonyl (C=O) groups is 1. The fourth-order valence-corrected chi connectivity index (χ4v) is 2.74. The molecule has 1 saturated carbocycles. The van der Waals surface area contributed by atoms with Crippen LogP contribution in [0.4, 0.5) is 11.5 Å². The molecular formula is C13H17ClN4O3. The monoisotopic (exact) mass is 312 g/mol. The van der Waals surface area contributed by atoms with Crippen molar-refractivity contribution in [3.8, 4) is 0 Å². The summed E-state index contributed by atoms with van der Waals surface area (Å²) < 4.78 is 11.4. The Balaban J connectivity index is 1.64. The number of ether oxygens (including phenoxy) is 2. The van der Waals surface area contributed by atoms with Crippen LogP contribution in [0.2, 0.25) is 5.15 Å². The highest BCUT2D eigenvalue weighted by atomic mass is 35.5. The van der Waals surface area contributed by atoms with E-state index in [1.807, 2.05) is 13.8 Å². The van der Waals surface area contributed by atoms with Gasteiger partial charge in [-0.05, 0) is 20.3 Å². The Kier molecular flexibility index (Phi) is 3.73. The van der Waals surface area contributed by atoms with Gasteiger partial charge in [0.25, 0.3) is 0 Å². The third-order valence-corrected chi connectivity index (χ3v) is 3.96. The summed E-state index contributed by atoms with van der Waals surface area (Å²) in [6, 6.07) is 0.227. The number of hydrogen-bond donors (Lipinski definition) is 2. The molecule has 21 heavy (non-hydrogen) atoms. The normalized spacial score (nSPS) is 30.0. The average molecular weight is 313 g/mol. The second kappa shape index (κ2) is 5.40. The van der Waals surface area contributed by atoms with Crippen LogP contribution in [0.5, 0.6) is 0 Å². The molecule has 2 aliphatic rings. The molecule has 2 fully saturated rings. The molecule has 3 atom stereocenters. The van der Waals surface area contributed by atoms with Crippen molar-refractivity contribution in [1.29, 1.82) is 0 Å². The third-order valence-electron chi connectivity index (χ3n) is 3.67. The lowest BCUT2D eigenvalue weighted by Crippen LogP contribution is -2.24. The van der Waals surface area contributed by atoms with Gasteiger partial charge in [0.1, 0.15) is 12.0 Å². The lowest BCUT2D eigenvalue weighted by molar-refractivity contribution is -0.140. The molecule has 1 aliphatic carbocycles. The molecule has 0 unspecified atom stereocenters. The van der Waals surface area contributed by atoms with E-state index in [0.29, 0.717) is 30.4 Å². The first-order chi connectivity index (χ1) is 10.00. The molecule has 1 aromatic heterocycles. The van der Waals surface area contributed by atoms with Gasteiger partial charge in [0.15, 0.2) is 16.8 Å². The molecule has 0 spiro atoms. The Hall–Kier alpha value is -1.44. The molecule has 1 aromatic rings. The highest BCUT2D eigenvalue weighted by Crippen LogP contribution is 2.43. The maximum atomic E-state index is 10.6. The molecule has 1 aliphatic heterocycles. The lowest BCUT2D eigenvalue weighted by atomic mass is 10.2. The van der Waals surface area contributed by atoms with Crippen molar-refractivity contribution in [3.05, 3.63) is 11.5 Å². The van der Waals surface area contributed by atoms with E-state index < -0.39 is 5.79 Å². The minimum absolute atomic E-state index is 0.0808. The molecule has 0 bridgehead atoms.